The maximum Gasteiger partial charge on any atom is 0.136 e. The van der Waals surface area contributed by atoms with Gasteiger partial charge in [0.05, 0.1) is 0 Å². The summed E-state index contributed by atoms with van der Waals surface area (Å²) < 4.78 is 12.7. The molecule has 0 unspecified atom stereocenters. The number of benzene rings is 23. The van der Waals surface area contributed by atoms with E-state index in [0.29, 0.717) is 0 Å². The van der Waals surface area contributed by atoms with Crippen LogP contribution in [0.15, 0.2) is 458 Å². The zero-order valence-electron chi connectivity index (χ0n) is 65.5. The van der Waals surface area contributed by atoms with Gasteiger partial charge in [-0.3, -0.25) is 0 Å². The average Bonchev–Trinajstić information content (AvgIpc) is 0.935. The SMILES string of the molecule is c1ccc(-c2c3ccccc3c(-c3ccc4oc5cc6ccccc6cc5c4c3)c3ccccc23)cc1.c1ccc(-c2c3ccccc3c(-c3ccccc3)c3cc(-c4ccc5c(c4)oc4ccc6ccccc6c45)ccc23)cc1.c1ccc2c(-c3ccc(-c4c5ccccc5c(-c5cccc6ccccc56)c5ccccc45)cc3)cccc2c1. The third-order valence-electron chi connectivity index (χ3n) is 24.7. The summed E-state index contributed by atoms with van der Waals surface area (Å²) in [6, 6.07) is 162. The quantitative estimate of drug-likeness (QED) is 0.142. The van der Waals surface area contributed by atoms with E-state index in [4.69, 9.17) is 8.83 Å². The van der Waals surface area contributed by atoms with Crippen LogP contribution < -0.4 is 0 Å². The molecule has 25 rings (SSSR count). The Bertz CT molecular complexity index is 8260. The van der Waals surface area contributed by atoms with Gasteiger partial charge in [0.1, 0.15) is 22.3 Å². The van der Waals surface area contributed by atoms with Crippen LogP contribution in [0.3, 0.4) is 0 Å². The van der Waals surface area contributed by atoms with Gasteiger partial charge in [-0.05, 0) is 245 Å². The second kappa shape index (κ2) is 29.2. The van der Waals surface area contributed by atoms with Gasteiger partial charge in [-0.1, -0.05) is 400 Å². The normalized spacial score (nSPS) is 11.7. The first-order valence-corrected chi connectivity index (χ1v) is 41.3. The lowest BCUT2D eigenvalue weighted by Crippen LogP contribution is -1.91. The Morgan fingerprint density at radius 3 is 0.925 bits per heavy atom. The number of fused-ring (bicyclic) bond motifs is 17. The van der Waals surface area contributed by atoms with Gasteiger partial charge in [-0.15, -0.1) is 0 Å². The van der Waals surface area contributed by atoms with Crippen molar-refractivity contribution in [3.05, 3.63) is 449 Å². The van der Waals surface area contributed by atoms with Crippen LogP contribution in [0.4, 0.5) is 0 Å². The van der Waals surface area contributed by atoms with Crippen LogP contribution in [-0.2, 0) is 0 Å². The lowest BCUT2D eigenvalue weighted by Gasteiger charge is -2.19. The lowest BCUT2D eigenvalue weighted by atomic mass is 9.84. The fourth-order valence-electron chi connectivity index (χ4n) is 19.4. The van der Waals surface area contributed by atoms with Crippen LogP contribution in [0.1, 0.15) is 0 Å². The molecule has 0 aliphatic carbocycles. The van der Waals surface area contributed by atoms with Crippen molar-refractivity contribution < 1.29 is 8.83 Å². The van der Waals surface area contributed by atoms with Crippen molar-refractivity contribution >= 4 is 152 Å². The van der Waals surface area contributed by atoms with E-state index in [1.165, 1.54) is 197 Å². The summed E-state index contributed by atoms with van der Waals surface area (Å²) >= 11 is 0. The van der Waals surface area contributed by atoms with Gasteiger partial charge < -0.3 is 8.83 Å². The summed E-state index contributed by atoms with van der Waals surface area (Å²) in [6.07, 6.45) is 0. The predicted molar refractivity (Wildman–Crippen MR) is 512 cm³/mol. The van der Waals surface area contributed by atoms with Crippen molar-refractivity contribution in [1.82, 2.24) is 0 Å². The highest BCUT2D eigenvalue weighted by atomic mass is 16.3. The molecular formula is C118H74O2. The number of furan rings is 2. The molecule has 2 nitrogen and oxygen atoms in total. The summed E-state index contributed by atoms with van der Waals surface area (Å²) in [7, 11) is 0. The topological polar surface area (TPSA) is 26.3 Å². The minimum atomic E-state index is 0.913. The predicted octanol–water partition coefficient (Wildman–Crippen LogP) is 33.7. The molecule has 0 aliphatic heterocycles. The van der Waals surface area contributed by atoms with Gasteiger partial charge in [0.25, 0.3) is 0 Å². The van der Waals surface area contributed by atoms with Crippen molar-refractivity contribution in [3.8, 4) is 89.0 Å². The smallest absolute Gasteiger partial charge is 0.136 e. The van der Waals surface area contributed by atoms with Gasteiger partial charge in [0.2, 0.25) is 0 Å². The fraction of sp³-hybridized carbons (Fsp3) is 0. The van der Waals surface area contributed by atoms with E-state index in [0.717, 1.165) is 44.1 Å². The molecule has 558 valence electrons. The molecule has 0 atom stereocenters. The van der Waals surface area contributed by atoms with Crippen LogP contribution in [-0.4, -0.2) is 0 Å². The summed E-state index contributed by atoms with van der Waals surface area (Å²) in [5.41, 5.74) is 23.6. The molecule has 2 heteroatoms. The van der Waals surface area contributed by atoms with Gasteiger partial charge in [0, 0.05) is 21.5 Å². The molecule has 0 radical (unpaired) electrons. The van der Waals surface area contributed by atoms with Crippen molar-refractivity contribution in [2.45, 2.75) is 0 Å². The van der Waals surface area contributed by atoms with Crippen LogP contribution in [0, 0.1) is 0 Å². The molecule has 2 heterocycles. The standard InChI is InChI=1S/C42H26O.C40H26.C36H22O/c1-3-12-28(13-4-1)40-33-17-9-10-18-34(33)41(29-14-5-2-6-15-29)37-25-30(19-22-35(37)40)31-20-23-36-39(26-31)43-38-24-21-27-11-7-8-16-32(27)42(36)38;1-3-15-31-27(11-1)13-9-21-32(31)29-23-25-30(26-24-29)39-35-17-5-7-19-37(35)40(38-20-8-6-18-36(38)39)34-22-10-14-28-12-2-4-16-33(28)34;1-2-10-23(11-3-1)35-27-14-6-8-16-29(27)36(30-17-9-7-15-28(30)35)26-18-19-33-31(21-26)32-20-24-12-4-5-13-25(24)22-34(32)37-33/h1-26H;1-26H;1-22H. The van der Waals surface area contributed by atoms with Gasteiger partial charge in [-0.25, -0.2) is 0 Å². The highest BCUT2D eigenvalue weighted by Gasteiger charge is 2.23. The summed E-state index contributed by atoms with van der Waals surface area (Å²) in [5, 5.41) is 29.8. The lowest BCUT2D eigenvalue weighted by molar-refractivity contribution is 0.669. The summed E-state index contributed by atoms with van der Waals surface area (Å²) in [4.78, 5) is 0. The van der Waals surface area contributed by atoms with Gasteiger partial charge >= 0.3 is 0 Å². The number of hydrogen-bond acceptors (Lipinski definition) is 2. The molecule has 0 amide bonds. The molecule has 23 aromatic carbocycles. The van der Waals surface area contributed by atoms with E-state index < -0.39 is 0 Å². The maximum absolute atomic E-state index is 6.44. The first-order valence-electron chi connectivity index (χ1n) is 41.3. The van der Waals surface area contributed by atoms with E-state index in [9.17, 15) is 0 Å². The molecule has 0 aliphatic rings. The van der Waals surface area contributed by atoms with Crippen LogP contribution in [0.25, 0.3) is 241 Å². The Morgan fingerprint density at radius 1 is 0.117 bits per heavy atom. The van der Waals surface area contributed by atoms with Crippen molar-refractivity contribution in [2.75, 3.05) is 0 Å². The first-order chi connectivity index (χ1) is 59.5. The van der Waals surface area contributed by atoms with Crippen LogP contribution in [0.5, 0.6) is 0 Å². The molecule has 120 heavy (non-hydrogen) atoms. The van der Waals surface area contributed by atoms with Crippen molar-refractivity contribution in [3.63, 3.8) is 0 Å². The Hall–Kier alpha value is -15.7. The third-order valence-corrected chi connectivity index (χ3v) is 24.7. The Morgan fingerprint density at radius 2 is 0.417 bits per heavy atom. The van der Waals surface area contributed by atoms with Crippen molar-refractivity contribution in [1.29, 1.82) is 0 Å². The highest BCUT2D eigenvalue weighted by molar-refractivity contribution is 6.27. The summed E-state index contributed by atoms with van der Waals surface area (Å²) in [6.45, 7) is 0. The molecule has 0 N–H and O–H groups in total. The molecule has 0 spiro atoms. The Kier molecular flexibility index (Phi) is 17.0. The molecule has 0 saturated carbocycles. The Balaban J connectivity index is 0.000000105. The Labute approximate surface area is 693 Å². The monoisotopic (exact) mass is 1520 g/mol. The third kappa shape index (κ3) is 11.9. The maximum atomic E-state index is 6.44. The second-order valence-electron chi connectivity index (χ2n) is 31.4. The van der Waals surface area contributed by atoms with Crippen LogP contribution in [0.2, 0.25) is 0 Å². The molecule has 0 bridgehead atoms. The van der Waals surface area contributed by atoms with Gasteiger partial charge in [-0.2, -0.15) is 0 Å². The van der Waals surface area contributed by atoms with Gasteiger partial charge in [0.15, 0.2) is 0 Å². The largest absolute Gasteiger partial charge is 0.456 e. The number of hydrogen-bond donors (Lipinski definition) is 0. The second-order valence-corrected chi connectivity index (χ2v) is 31.4. The van der Waals surface area contributed by atoms with E-state index in [1.807, 2.05) is 0 Å². The van der Waals surface area contributed by atoms with E-state index in [2.05, 4.69) is 449 Å². The highest BCUT2D eigenvalue weighted by Crippen LogP contribution is 2.50. The molecule has 0 saturated heterocycles. The minimum absolute atomic E-state index is 0.913. The molecular weight excluding hydrogens is 1450 g/mol. The molecule has 25 aromatic rings. The zero-order chi connectivity index (χ0) is 79.1. The fourth-order valence-corrected chi connectivity index (χ4v) is 19.4. The van der Waals surface area contributed by atoms with Crippen molar-refractivity contribution in [2.24, 2.45) is 0 Å². The van der Waals surface area contributed by atoms with E-state index in [-0.39, 0.29) is 0 Å². The molecule has 0 fully saturated rings. The van der Waals surface area contributed by atoms with E-state index in [1.54, 1.807) is 0 Å². The first kappa shape index (κ1) is 69.7. The van der Waals surface area contributed by atoms with E-state index >= 15 is 0 Å². The molecule has 2 aromatic heterocycles. The number of rotatable bonds is 8. The van der Waals surface area contributed by atoms with Crippen LogP contribution >= 0.6 is 0 Å². The minimum Gasteiger partial charge on any atom is -0.456 e. The average molecular weight is 1520 g/mol. The summed E-state index contributed by atoms with van der Waals surface area (Å²) in [5.74, 6) is 0. The zero-order valence-corrected chi connectivity index (χ0v) is 65.5.